The molecule has 0 aliphatic carbocycles. The smallest absolute Gasteiger partial charge is 0.316 e. The zero-order valence-corrected chi connectivity index (χ0v) is 24.5. The predicted octanol–water partition coefficient (Wildman–Crippen LogP) is 7.84. The maximum atomic E-state index is 13.0. The quantitative estimate of drug-likeness (QED) is 0.267. The second-order valence-corrected chi connectivity index (χ2v) is 17.1. The molecule has 4 aliphatic heterocycles. The summed E-state index contributed by atoms with van der Waals surface area (Å²) in [6, 6.07) is 7.90. The molecule has 1 radical (unpaired) electrons. The third-order valence-electron chi connectivity index (χ3n) is 6.31. The van der Waals surface area contributed by atoms with Crippen LogP contribution in [0.5, 0.6) is 0 Å². The highest BCUT2D eigenvalue weighted by Crippen LogP contribution is 2.66. The largest absolute Gasteiger partial charge is 0.714 e. The van der Waals surface area contributed by atoms with Crippen molar-refractivity contribution < 1.29 is 9.95 Å². The monoisotopic (exact) mass is 571 g/mol. The Kier molecular flexibility index (Phi) is 6.92. The number of hydroxylamine groups is 3. The summed E-state index contributed by atoms with van der Waals surface area (Å²) in [6.45, 7) is 7.30. The van der Waals surface area contributed by atoms with Crippen LogP contribution in [-0.2, 0) is 5.21 Å². The predicted molar refractivity (Wildman–Crippen MR) is 155 cm³/mol. The molecule has 1 aromatic rings. The number of hydrogen-bond acceptors (Lipinski definition) is 9. The van der Waals surface area contributed by atoms with Crippen LogP contribution in [0.15, 0.2) is 45.5 Å². The van der Waals surface area contributed by atoms with Gasteiger partial charge < -0.3 is 5.21 Å². The van der Waals surface area contributed by atoms with Crippen molar-refractivity contribution in [3.63, 3.8) is 0 Å². The number of rotatable bonds is 3. The topological polar surface area (TPSA) is 49.2 Å². The third kappa shape index (κ3) is 4.12. The van der Waals surface area contributed by atoms with Gasteiger partial charge in [-0.2, -0.15) is 0 Å². The van der Waals surface area contributed by atoms with Crippen LogP contribution in [0, 0.1) is 5.21 Å². The summed E-state index contributed by atoms with van der Waals surface area (Å²) in [4.78, 5) is 1.25. The summed E-state index contributed by atoms with van der Waals surface area (Å²) in [7, 11) is 0. The van der Waals surface area contributed by atoms with Crippen LogP contribution in [0.3, 0.4) is 0 Å². The second kappa shape index (κ2) is 9.21. The zero-order valence-electron chi connectivity index (χ0n) is 18.8. The lowest BCUT2D eigenvalue weighted by Gasteiger charge is -2.32. The van der Waals surface area contributed by atoms with Crippen molar-refractivity contribution in [3.8, 4) is 0 Å². The maximum Gasteiger partial charge on any atom is 0.316 e. The lowest BCUT2D eigenvalue weighted by atomic mass is 9.84. The zero-order chi connectivity index (χ0) is 23.5. The lowest BCUT2D eigenvalue weighted by Crippen LogP contribution is -2.53. The molecule has 4 heterocycles. The molecule has 0 spiro atoms. The first-order chi connectivity index (χ1) is 15.6. The Morgan fingerprint density at radius 1 is 0.879 bits per heavy atom. The van der Waals surface area contributed by atoms with Gasteiger partial charge in [0.15, 0.2) is 5.54 Å². The fraction of sp³-hybridized carbons (Fsp3) is 0.409. The van der Waals surface area contributed by atoms with Gasteiger partial charge in [0.1, 0.15) is 5.54 Å². The highest BCUT2D eigenvalue weighted by molar-refractivity contribution is 8.44. The third-order valence-corrected chi connectivity index (χ3v) is 16.5. The van der Waals surface area contributed by atoms with Crippen molar-refractivity contribution in [2.24, 2.45) is 0 Å². The van der Waals surface area contributed by atoms with Crippen LogP contribution in [0.4, 0.5) is 0 Å². The van der Waals surface area contributed by atoms with E-state index in [1.54, 1.807) is 11.8 Å². The van der Waals surface area contributed by atoms with Gasteiger partial charge in [-0.1, -0.05) is 64.2 Å². The second-order valence-electron chi connectivity index (χ2n) is 8.68. The molecule has 0 atom stereocenters. The summed E-state index contributed by atoms with van der Waals surface area (Å²) in [5.41, 5.74) is 0.168. The van der Waals surface area contributed by atoms with Crippen molar-refractivity contribution in [1.82, 2.24) is 5.06 Å². The van der Waals surface area contributed by atoms with Gasteiger partial charge in [0.2, 0.25) is 0 Å². The summed E-state index contributed by atoms with van der Waals surface area (Å²) in [5.74, 6) is 2.58. The summed E-state index contributed by atoms with van der Waals surface area (Å²) in [6.07, 6.45) is 2.12. The standard InChI is InChI=1S/C22H23N2O2S7/c1-21(2)22(3,4)24(26)15(23(21)25)13-8-6-12(7-9-13)14-16(27-5)31-19(30-14)20-32-17-18(33-20)29-11-10-28-17/h6-9H,10-11H2,1-5H3. The molecule has 0 aromatic heterocycles. The van der Waals surface area contributed by atoms with Gasteiger partial charge in [-0.05, 0) is 51.6 Å². The molecule has 4 aliphatic rings. The van der Waals surface area contributed by atoms with Gasteiger partial charge in [0.05, 0.1) is 26.7 Å². The van der Waals surface area contributed by atoms with E-state index in [0.717, 1.165) is 15.4 Å². The number of thioether (sulfide) groups is 7. The molecule has 0 unspecified atom stereocenters. The van der Waals surface area contributed by atoms with E-state index >= 15 is 0 Å². The molecule has 0 fully saturated rings. The van der Waals surface area contributed by atoms with Crippen molar-refractivity contribution in [3.05, 3.63) is 61.8 Å². The van der Waals surface area contributed by atoms with Crippen LogP contribution in [0.25, 0.3) is 4.91 Å². The molecule has 4 nitrogen and oxygen atoms in total. The summed E-state index contributed by atoms with van der Waals surface area (Å²) >= 11 is 13.3. The average Bonchev–Trinajstić information content (AvgIpc) is 3.45. The van der Waals surface area contributed by atoms with E-state index < -0.39 is 11.1 Å². The average molecular weight is 572 g/mol. The molecule has 0 saturated carbocycles. The normalized spacial score (nSPS) is 24.5. The Morgan fingerprint density at radius 2 is 1.42 bits per heavy atom. The van der Waals surface area contributed by atoms with E-state index in [2.05, 4.69) is 6.26 Å². The Labute approximate surface area is 224 Å². The van der Waals surface area contributed by atoms with E-state index in [1.165, 1.54) is 37.6 Å². The number of hydrogen-bond donors (Lipinski definition) is 0. The van der Waals surface area contributed by atoms with Crippen molar-refractivity contribution in [1.29, 1.82) is 0 Å². The molecule has 33 heavy (non-hydrogen) atoms. The number of amidine groups is 1. The SMILES string of the molecule is CSC1=C(c2ccc(C3=[N+]([O-])C(C)(C)C(C)(C)N3[O])cc2)SC(=C2SC3=C(SCCS3)S2)S1. The highest BCUT2D eigenvalue weighted by atomic mass is 32.3. The van der Waals surface area contributed by atoms with Crippen LogP contribution < -0.4 is 0 Å². The first-order valence-electron chi connectivity index (χ1n) is 10.3. The van der Waals surface area contributed by atoms with Gasteiger partial charge in [-0.3, -0.25) is 4.74 Å². The Bertz CT molecular complexity index is 1120. The Balaban J connectivity index is 1.41. The first-order valence-corrected chi connectivity index (χ1v) is 16.8. The summed E-state index contributed by atoms with van der Waals surface area (Å²) < 4.78 is 7.86. The Morgan fingerprint density at radius 3 is 1.94 bits per heavy atom. The van der Waals surface area contributed by atoms with E-state index in [1.807, 2.05) is 123 Å². The van der Waals surface area contributed by atoms with Crippen molar-refractivity contribution in [2.45, 2.75) is 38.8 Å². The summed E-state index contributed by atoms with van der Waals surface area (Å²) in [5, 5.41) is 26.9. The molecule has 1 aromatic carbocycles. The molecule has 0 N–H and O–H groups in total. The van der Waals surface area contributed by atoms with Gasteiger partial charge in [0.25, 0.3) is 0 Å². The van der Waals surface area contributed by atoms with Crippen LogP contribution in [0.2, 0.25) is 0 Å². The van der Waals surface area contributed by atoms with E-state index in [4.69, 9.17) is 0 Å². The fourth-order valence-corrected chi connectivity index (χ4v) is 13.6. The molecular formula is C22H23N2O2S7. The van der Waals surface area contributed by atoms with Gasteiger partial charge in [-0.15, -0.1) is 35.3 Å². The molecule has 0 saturated heterocycles. The van der Waals surface area contributed by atoms with E-state index in [-0.39, 0.29) is 5.84 Å². The molecule has 175 valence electrons. The molecule has 0 bridgehead atoms. The minimum atomic E-state index is -0.809. The van der Waals surface area contributed by atoms with Gasteiger partial charge in [0, 0.05) is 21.6 Å². The molecule has 11 heteroatoms. The van der Waals surface area contributed by atoms with Crippen molar-refractivity contribution in [2.75, 3.05) is 17.8 Å². The number of nitrogens with zero attached hydrogens (tertiary/aromatic N) is 2. The first kappa shape index (κ1) is 24.8. The molecule has 0 amide bonds. The highest BCUT2D eigenvalue weighted by Gasteiger charge is 2.59. The minimum absolute atomic E-state index is 0.192. The molecular weight excluding hydrogens is 549 g/mol. The minimum Gasteiger partial charge on any atom is -0.714 e. The van der Waals surface area contributed by atoms with Crippen LogP contribution >= 0.6 is 82.3 Å². The Hall–Kier alpha value is 0.120. The van der Waals surface area contributed by atoms with E-state index in [9.17, 15) is 10.4 Å². The van der Waals surface area contributed by atoms with Crippen LogP contribution in [-0.4, -0.2) is 44.5 Å². The maximum absolute atomic E-state index is 13.0. The number of benzene rings is 1. The fourth-order valence-electron chi connectivity index (χ4n) is 3.60. The lowest BCUT2D eigenvalue weighted by molar-refractivity contribution is -0.539. The van der Waals surface area contributed by atoms with Crippen LogP contribution in [0.1, 0.15) is 38.8 Å². The van der Waals surface area contributed by atoms with Crippen molar-refractivity contribution >= 4 is 93.1 Å². The van der Waals surface area contributed by atoms with Gasteiger partial charge >= 0.3 is 5.84 Å². The van der Waals surface area contributed by atoms with E-state index in [0.29, 0.717) is 5.56 Å². The van der Waals surface area contributed by atoms with Gasteiger partial charge in [-0.25, -0.2) is 0 Å². The molecule has 5 rings (SSSR count).